The zero-order valence-corrected chi connectivity index (χ0v) is 16.3. The molecule has 1 atom stereocenters. The first-order chi connectivity index (χ1) is 13.0. The van der Waals surface area contributed by atoms with Gasteiger partial charge in [0.25, 0.3) is 5.91 Å². The normalized spacial score (nSPS) is 11.7. The van der Waals surface area contributed by atoms with Gasteiger partial charge in [-0.25, -0.2) is 9.78 Å². The number of nitrogens with one attached hydrogen (secondary N) is 1. The highest BCUT2D eigenvalue weighted by Crippen LogP contribution is 2.29. The quantitative estimate of drug-likeness (QED) is 0.615. The van der Waals surface area contributed by atoms with Crippen LogP contribution in [0.25, 0.3) is 11.3 Å². The van der Waals surface area contributed by atoms with Gasteiger partial charge in [0.2, 0.25) is 0 Å². The maximum atomic E-state index is 12.6. The topological polar surface area (TPSA) is 68.3 Å². The van der Waals surface area contributed by atoms with Crippen LogP contribution in [0.4, 0.5) is 5.69 Å². The summed E-state index contributed by atoms with van der Waals surface area (Å²) in [7, 11) is 0. The molecule has 1 aromatic heterocycles. The van der Waals surface area contributed by atoms with Gasteiger partial charge >= 0.3 is 5.97 Å². The van der Waals surface area contributed by atoms with Gasteiger partial charge in [-0.1, -0.05) is 54.1 Å². The molecule has 0 fully saturated rings. The summed E-state index contributed by atoms with van der Waals surface area (Å²) in [4.78, 5) is 29.8. The average molecular weight is 401 g/mol. The van der Waals surface area contributed by atoms with Gasteiger partial charge in [-0.3, -0.25) is 4.79 Å². The number of aromatic nitrogens is 1. The second-order valence-corrected chi connectivity index (χ2v) is 7.40. The molecular weight excluding hydrogens is 384 g/mol. The predicted octanol–water partition coefficient (Wildman–Crippen LogP) is 4.96. The Bertz CT molecular complexity index is 972. The van der Waals surface area contributed by atoms with Crippen molar-refractivity contribution in [3.05, 3.63) is 69.5 Å². The Morgan fingerprint density at radius 3 is 2.48 bits per heavy atom. The third-order valence-electron chi connectivity index (χ3n) is 3.75. The molecule has 0 bridgehead atoms. The Morgan fingerprint density at radius 1 is 1.11 bits per heavy atom. The molecule has 0 aliphatic heterocycles. The number of amides is 1. The van der Waals surface area contributed by atoms with E-state index in [2.05, 4.69) is 10.3 Å². The van der Waals surface area contributed by atoms with Crippen molar-refractivity contribution in [1.82, 2.24) is 4.98 Å². The van der Waals surface area contributed by atoms with Gasteiger partial charge < -0.3 is 10.1 Å². The van der Waals surface area contributed by atoms with Crippen molar-refractivity contribution in [2.24, 2.45) is 0 Å². The van der Waals surface area contributed by atoms with E-state index in [4.69, 9.17) is 16.3 Å². The molecule has 3 rings (SSSR count). The van der Waals surface area contributed by atoms with Crippen LogP contribution in [0.2, 0.25) is 5.02 Å². The molecule has 0 spiro atoms. The van der Waals surface area contributed by atoms with Gasteiger partial charge in [-0.15, -0.1) is 11.3 Å². The van der Waals surface area contributed by atoms with Crippen LogP contribution in [0, 0.1) is 6.92 Å². The van der Waals surface area contributed by atoms with E-state index in [1.54, 1.807) is 24.3 Å². The van der Waals surface area contributed by atoms with E-state index in [0.29, 0.717) is 21.3 Å². The number of halogens is 1. The van der Waals surface area contributed by atoms with Crippen LogP contribution in [0.15, 0.2) is 54.6 Å². The first-order valence-corrected chi connectivity index (χ1v) is 9.44. The van der Waals surface area contributed by atoms with E-state index in [0.717, 1.165) is 10.6 Å². The Kier molecular flexibility index (Phi) is 5.88. The number of ether oxygens (including phenoxy) is 1. The fourth-order valence-corrected chi connectivity index (χ4v) is 3.43. The number of para-hydroxylation sites is 1. The molecule has 0 saturated carbocycles. The number of carbonyl (C=O) groups is 2. The largest absolute Gasteiger partial charge is 0.448 e. The fourth-order valence-electron chi connectivity index (χ4n) is 2.42. The van der Waals surface area contributed by atoms with Gasteiger partial charge in [0.1, 0.15) is 4.88 Å². The first kappa shape index (κ1) is 19.1. The van der Waals surface area contributed by atoms with Crippen LogP contribution in [0.3, 0.4) is 0 Å². The molecule has 2 aromatic carbocycles. The number of thiazole rings is 1. The van der Waals surface area contributed by atoms with Crippen molar-refractivity contribution in [3.63, 3.8) is 0 Å². The van der Waals surface area contributed by atoms with Gasteiger partial charge in [0.15, 0.2) is 6.10 Å². The highest BCUT2D eigenvalue weighted by molar-refractivity contribution is 7.14. The summed E-state index contributed by atoms with van der Waals surface area (Å²) in [6, 6.07) is 16.2. The van der Waals surface area contributed by atoms with Crippen LogP contribution in [0.5, 0.6) is 0 Å². The molecule has 0 aliphatic rings. The third-order valence-corrected chi connectivity index (χ3v) is 5.03. The lowest BCUT2D eigenvalue weighted by molar-refractivity contribution is -0.123. The fraction of sp³-hybridized carbons (Fsp3) is 0.150. The van der Waals surface area contributed by atoms with Gasteiger partial charge in [-0.05, 0) is 26.0 Å². The molecule has 0 unspecified atom stereocenters. The second kappa shape index (κ2) is 8.33. The smallest absolute Gasteiger partial charge is 0.351 e. The van der Waals surface area contributed by atoms with E-state index in [1.807, 2.05) is 37.3 Å². The van der Waals surface area contributed by atoms with Crippen LogP contribution in [-0.4, -0.2) is 23.0 Å². The lowest BCUT2D eigenvalue weighted by atomic mass is 10.1. The summed E-state index contributed by atoms with van der Waals surface area (Å²) in [5, 5.41) is 3.81. The Hall–Kier alpha value is -2.70. The molecule has 7 heteroatoms. The number of benzene rings is 2. The van der Waals surface area contributed by atoms with Crippen molar-refractivity contribution in [3.8, 4) is 11.3 Å². The minimum absolute atomic E-state index is 0.371. The number of anilines is 1. The predicted molar refractivity (Wildman–Crippen MR) is 107 cm³/mol. The van der Waals surface area contributed by atoms with E-state index >= 15 is 0 Å². The maximum Gasteiger partial charge on any atom is 0.351 e. The van der Waals surface area contributed by atoms with E-state index < -0.39 is 18.0 Å². The molecule has 1 heterocycles. The van der Waals surface area contributed by atoms with Crippen LogP contribution < -0.4 is 5.32 Å². The number of rotatable bonds is 5. The van der Waals surface area contributed by atoms with Crippen molar-refractivity contribution in [1.29, 1.82) is 0 Å². The van der Waals surface area contributed by atoms with Crippen LogP contribution in [0.1, 0.15) is 21.6 Å². The Labute approximate surface area is 166 Å². The number of nitrogens with zero attached hydrogens (tertiary/aromatic N) is 1. The number of hydrogen-bond acceptors (Lipinski definition) is 5. The molecule has 138 valence electrons. The summed E-state index contributed by atoms with van der Waals surface area (Å²) in [5.41, 5.74) is 1.84. The van der Waals surface area contributed by atoms with E-state index in [-0.39, 0.29) is 0 Å². The van der Waals surface area contributed by atoms with Gasteiger partial charge in [0, 0.05) is 5.56 Å². The maximum absolute atomic E-state index is 12.6. The molecule has 1 N–H and O–H groups in total. The second-order valence-electron chi connectivity index (χ2n) is 5.79. The molecule has 5 nitrogen and oxygen atoms in total. The zero-order valence-electron chi connectivity index (χ0n) is 14.7. The van der Waals surface area contributed by atoms with Gasteiger partial charge in [0.05, 0.1) is 21.4 Å². The van der Waals surface area contributed by atoms with Crippen molar-refractivity contribution in [2.45, 2.75) is 20.0 Å². The summed E-state index contributed by atoms with van der Waals surface area (Å²) in [6.07, 6.45) is -0.986. The minimum atomic E-state index is -0.986. The first-order valence-electron chi connectivity index (χ1n) is 8.25. The molecule has 3 aromatic rings. The molecule has 1 amide bonds. The van der Waals surface area contributed by atoms with Crippen LogP contribution >= 0.6 is 22.9 Å². The average Bonchev–Trinajstić information content (AvgIpc) is 3.06. The Morgan fingerprint density at radius 2 is 1.78 bits per heavy atom. The lowest BCUT2D eigenvalue weighted by Gasteiger charge is -2.14. The summed E-state index contributed by atoms with van der Waals surface area (Å²) >= 11 is 7.28. The van der Waals surface area contributed by atoms with E-state index in [1.165, 1.54) is 18.3 Å². The third kappa shape index (κ3) is 4.53. The summed E-state index contributed by atoms with van der Waals surface area (Å²) in [5.74, 6) is -1.04. The highest BCUT2D eigenvalue weighted by Gasteiger charge is 2.24. The molecule has 0 aliphatic carbocycles. The standard InChI is InChI=1S/C20H17ClN2O3S/c1-12(19(24)23-16-11-7-6-10-15(16)21)26-20(25)18-17(22-13(2)27-18)14-8-4-3-5-9-14/h3-12H,1-2H3,(H,23,24)/t12-/m0/s1. The lowest BCUT2D eigenvalue weighted by Crippen LogP contribution is -2.30. The molecule has 0 radical (unpaired) electrons. The number of hydrogen-bond donors (Lipinski definition) is 1. The number of aryl methyl sites for hydroxylation is 1. The van der Waals surface area contributed by atoms with Crippen LogP contribution in [-0.2, 0) is 9.53 Å². The number of esters is 1. The van der Waals surface area contributed by atoms with Crippen molar-refractivity contribution >= 4 is 40.5 Å². The SMILES string of the molecule is Cc1nc(-c2ccccc2)c(C(=O)O[C@@H](C)C(=O)Nc2ccccc2Cl)s1. The van der Waals surface area contributed by atoms with Gasteiger partial charge in [-0.2, -0.15) is 0 Å². The Balaban J connectivity index is 1.74. The summed E-state index contributed by atoms with van der Waals surface area (Å²) in [6.45, 7) is 3.33. The minimum Gasteiger partial charge on any atom is -0.448 e. The number of carbonyl (C=O) groups excluding carboxylic acids is 2. The monoisotopic (exact) mass is 400 g/mol. The van der Waals surface area contributed by atoms with E-state index in [9.17, 15) is 9.59 Å². The molecule has 27 heavy (non-hydrogen) atoms. The van der Waals surface area contributed by atoms with Crippen molar-refractivity contribution in [2.75, 3.05) is 5.32 Å². The highest BCUT2D eigenvalue weighted by atomic mass is 35.5. The molecular formula is C20H17ClN2O3S. The summed E-state index contributed by atoms with van der Waals surface area (Å²) < 4.78 is 5.36. The van der Waals surface area contributed by atoms with Crippen molar-refractivity contribution < 1.29 is 14.3 Å². The zero-order chi connectivity index (χ0) is 19.4. The molecule has 0 saturated heterocycles.